The van der Waals surface area contributed by atoms with Crippen LogP contribution in [0.15, 0.2) is 6.33 Å². The minimum absolute atomic E-state index is 0.152. The Morgan fingerprint density at radius 3 is 2.60 bits per heavy atom. The molecule has 3 rings (SSSR count). The molecule has 0 amide bonds. The van der Waals surface area contributed by atoms with Crippen LogP contribution in [0.3, 0.4) is 0 Å². The van der Waals surface area contributed by atoms with Gasteiger partial charge in [0.25, 0.3) is 0 Å². The summed E-state index contributed by atoms with van der Waals surface area (Å²) in [6.45, 7) is 0.594. The number of fused-ring (bicyclic) bond motifs is 1. The van der Waals surface area contributed by atoms with Gasteiger partial charge in [-0.25, -0.2) is 9.97 Å². The quantitative estimate of drug-likeness (QED) is 0.862. The molecule has 0 unspecified atom stereocenters. The van der Waals surface area contributed by atoms with Crippen molar-refractivity contribution in [3.8, 4) is 5.88 Å². The average molecular weight is 275 g/mol. The summed E-state index contributed by atoms with van der Waals surface area (Å²) in [4.78, 5) is 8.79. The van der Waals surface area contributed by atoms with E-state index in [1.54, 1.807) is 6.33 Å². The Morgan fingerprint density at radius 2 is 1.75 bits per heavy atom. The predicted octanol–water partition coefficient (Wildman–Crippen LogP) is 2.79. The van der Waals surface area contributed by atoms with Crippen molar-refractivity contribution in [2.45, 2.75) is 69.7 Å². The number of nitrogens with zero attached hydrogens (tertiary/aromatic N) is 2. The lowest BCUT2D eigenvalue weighted by Gasteiger charge is -2.33. The molecule has 0 aromatic carbocycles. The van der Waals surface area contributed by atoms with Crippen LogP contribution in [0.2, 0.25) is 0 Å². The van der Waals surface area contributed by atoms with Crippen molar-refractivity contribution in [2.75, 3.05) is 6.61 Å². The molecule has 20 heavy (non-hydrogen) atoms. The van der Waals surface area contributed by atoms with Crippen molar-refractivity contribution in [3.63, 3.8) is 0 Å². The lowest BCUT2D eigenvalue weighted by molar-refractivity contribution is 0.167. The molecular formula is C16H25N3O. The van der Waals surface area contributed by atoms with Gasteiger partial charge >= 0.3 is 0 Å². The van der Waals surface area contributed by atoms with Gasteiger partial charge in [-0.2, -0.15) is 0 Å². The molecule has 0 saturated heterocycles. The number of hydrogen-bond acceptors (Lipinski definition) is 4. The highest BCUT2D eigenvalue weighted by Gasteiger charge is 2.29. The van der Waals surface area contributed by atoms with Crippen LogP contribution < -0.4 is 10.5 Å². The average Bonchev–Trinajstić information content (AvgIpc) is 2.71. The minimum atomic E-state index is -0.152. The Labute approximate surface area is 121 Å². The summed E-state index contributed by atoms with van der Waals surface area (Å²) in [6, 6.07) is 0. The summed E-state index contributed by atoms with van der Waals surface area (Å²) < 4.78 is 6.03. The zero-order chi connectivity index (χ0) is 13.8. The van der Waals surface area contributed by atoms with Crippen LogP contribution in [-0.2, 0) is 12.8 Å². The van der Waals surface area contributed by atoms with Crippen LogP contribution in [0.5, 0.6) is 5.88 Å². The largest absolute Gasteiger partial charge is 0.475 e. The standard InChI is InChI=1S/C16H25N3O/c17-16(9-5-2-6-10-16)11-20-15-13-7-3-1-4-8-14(13)18-12-19-15/h12H,1-11,17H2. The SMILES string of the molecule is NC1(COc2ncnc3c2CCCCC3)CCCCC1. The second-order valence-corrected chi connectivity index (χ2v) is 6.38. The van der Waals surface area contributed by atoms with Crippen molar-refractivity contribution >= 4 is 0 Å². The molecule has 4 heteroatoms. The number of nitrogens with two attached hydrogens (primary N) is 1. The van der Waals surface area contributed by atoms with Gasteiger partial charge in [0.1, 0.15) is 12.9 Å². The first kappa shape index (κ1) is 13.8. The molecule has 110 valence electrons. The minimum Gasteiger partial charge on any atom is -0.475 e. The summed E-state index contributed by atoms with van der Waals surface area (Å²) >= 11 is 0. The van der Waals surface area contributed by atoms with E-state index < -0.39 is 0 Å². The summed E-state index contributed by atoms with van der Waals surface area (Å²) in [5, 5.41) is 0. The monoisotopic (exact) mass is 275 g/mol. The Morgan fingerprint density at radius 1 is 1.00 bits per heavy atom. The van der Waals surface area contributed by atoms with Crippen LogP contribution in [0, 0.1) is 0 Å². The third kappa shape index (κ3) is 3.11. The zero-order valence-corrected chi connectivity index (χ0v) is 12.2. The van der Waals surface area contributed by atoms with E-state index in [0.29, 0.717) is 6.61 Å². The van der Waals surface area contributed by atoms with E-state index in [0.717, 1.165) is 31.6 Å². The van der Waals surface area contributed by atoms with Crippen LogP contribution in [0.1, 0.15) is 62.6 Å². The molecule has 2 aliphatic rings. The Kier molecular flexibility index (Phi) is 4.20. The van der Waals surface area contributed by atoms with Crippen LogP contribution in [0.25, 0.3) is 0 Å². The Balaban J connectivity index is 1.71. The third-order valence-corrected chi connectivity index (χ3v) is 4.68. The molecule has 1 saturated carbocycles. The molecule has 1 aromatic rings. The Bertz CT molecular complexity index is 455. The van der Waals surface area contributed by atoms with E-state index in [9.17, 15) is 0 Å². The number of rotatable bonds is 3. The number of aryl methyl sites for hydroxylation is 1. The molecule has 1 fully saturated rings. The summed E-state index contributed by atoms with van der Waals surface area (Å²) in [7, 11) is 0. The van der Waals surface area contributed by atoms with Gasteiger partial charge in [0.05, 0.1) is 11.2 Å². The zero-order valence-electron chi connectivity index (χ0n) is 12.2. The van der Waals surface area contributed by atoms with Crippen molar-refractivity contribution in [3.05, 3.63) is 17.6 Å². The van der Waals surface area contributed by atoms with E-state index in [-0.39, 0.29) is 5.54 Å². The predicted molar refractivity (Wildman–Crippen MR) is 78.8 cm³/mol. The lowest BCUT2D eigenvalue weighted by atomic mass is 9.83. The second-order valence-electron chi connectivity index (χ2n) is 6.38. The van der Waals surface area contributed by atoms with Crippen molar-refractivity contribution < 1.29 is 4.74 Å². The number of hydrogen-bond donors (Lipinski definition) is 1. The number of ether oxygens (including phenoxy) is 1. The smallest absolute Gasteiger partial charge is 0.219 e. The van der Waals surface area contributed by atoms with Gasteiger partial charge < -0.3 is 10.5 Å². The van der Waals surface area contributed by atoms with E-state index in [2.05, 4.69) is 9.97 Å². The highest BCUT2D eigenvalue weighted by molar-refractivity contribution is 5.31. The maximum absolute atomic E-state index is 6.45. The molecule has 0 atom stereocenters. The highest BCUT2D eigenvalue weighted by atomic mass is 16.5. The fourth-order valence-corrected chi connectivity index (χ4v) is 3.40. The summed E-state index contributed by atoms with van der Waals surface area (Å²) in [5.74, 6) is 0.785. The molecule has 2 aliphatic carbocycles. The molecule has 2 N–H and O–H groups in total. The van der Waals surface area contributed by atoms with Gasteiger partial charge in [0.15, 0.2) is 0 Å². The summed E-state index contributed by atoms with van der Waals surface area (Å²) in [5.41, 5.74) is 8.70. The highest BCUT2D eigenvalue weighted by Crippen LogP contribution is 2.29. The van der Waals surface area contributed by atoms with E-state index >= 15 is 0 Å². The third-order valence-electron chi connectivity index (χ3n) is 4.68. The first-order chi connectivity index (χ1) is 9.77. The van der Waals surface area contributed by atoms with Gasteiger partial charge in [0, 0.05) is 5.56 Å². The fraction of sp³-hybridized carbons (Fsp3) is 0.750. The van der Waals surface area contributed by atoms with Crippen molar-refractivity contribution in [1.82, 2.24) is 9.97 Å². The Hall–Kier alpha value is -1.16. The van der Waals surface area contributed by atoms with E-state index in [4.69, 9.17) is 10.5 Å². The molecule has 0 spiro atoms. The lowest BCUT2D eigenvalue weighted by Crippen LogP contribution is -2.47. The summed E-state index contributed by atoms with van der Waals surface area (Å²) in [6.07, 6.45) is 13.4. The van der Waals surface area contributed by atoms with Gasteiger partial charge in [0.2, 0.25) is 5.88 Å². The van der Waals surface area contributed by atoms with Gasteiger partial charge in [-0.15, -0.1) is 0 Å². The maximum Gasteiger partial charge on any atom is 0.219 e. The van der Waals surface area contributed by atoms with Crippen molar-refractivity contribution in [1.29, 1.82) is 0 Å². The van der Waals surface area contributed by atoms with Gasteiger partial charge in [-0.1, -0.05) is 25.7 Å². The maximum atomic E-state index is 6.45. The van der Waals surface area contributed by atoms with Crippen molar-refractivity contribution in [2.24, 2.45) is 5.73 Å². The normalized spacial score (nSPS) is 21.9. The molecule has 0 bridgehead atoms. The molecule has 4 nitrogen and oxygen atoms in total. The van der Waals surface area contributed by atoms with E-state index in [1.807, 2.05) is 0 Å². The van der Waals surface area contributed by atoms with Gasteiger partial charge in [-0.3, -0.25) is 0 Å². The fourth-order valence-electron chi connectivity index (χ4n) is 3.40. The first-order valence-corrected chi connectivity index (χ1v) is 8.01. The molecule has 1 heterocycles. The van der Waals surface area contributed by atoms with E-state index in [1.165, 1.54) is 49.8 Å². The van der Waals surface area contributed by atoms with Crippen LogP contribution >= 0.6 is 0 Å². The molecule has 0 radical (unpaired) electrons. The van der Waals surface area contributed by atoms with Crippen LogP contribution in [0.4, 0.5) is 0 Å². The van der Waals surface area contributed by atoms with Crippen LogP contribution in [-0.4, -0.2) is 22.1 Å². The number of aromatic nitrogens is 2. The van der Waals surface area contributed by atoms with Gasteiger partial charge in [-0.05, 0) is 38.5 Å². The topological polar surface area (TPSA) is 61.0 Å². The first-order valence-electron chi connectivity index (χ1n) is 8.01. The molecular weight excluding hydrogens is 250 g/mol. The second kappa shape index (κ2) is 6.08. The molecule has 1 aromatic heterocycles. The molecule has 0 aliphatic heterocycles.